The molecule has 3 aliphatic rings. The maximum Gasteiger partial charge on any atom is 0.198 e. The number of hydrogen-bond donors (Lipinski definition) is 1. The molecule has 0 fully saturated rings. The molecule has 4 rings (SSSR count). The minimum atomic E-state index is -1.52. The van der Waals surface area contributed by atoms with Crippen molar-refractivity contribution in [1.82, 2.24) is 9.62 Å². The Morgan fingerprint density at radius 2 is 1.86 bits per heavy atom. The van der Waals surface area contributed by atoms with E-state index in [0.29, 0.717) is 32.1 Å². The van der Waals surface area contributed by atoms with Crippen LogP contribution in [-0.2, 0) is 11.0 Å². The van der Waals surface area contributed by atoms with Crippen molar-refractivity contribution in [3.8, 4) is 11.5 Å². The Bertz CT molecular complexity index is 646. The summed E-state index contributed by atoms with van der Waals surface area (Å²) in [5, 5.41) is 3.27. The fraction of sp³-hybridized carbons (Fsp3) is 0.429. The highest BCUT2D eigenvalue weighted by Gasteiger charge is 2.31. The molecule has 0 spiro atoms. The number of halogens is 1. The number of hydrogen-bond acceptors (Lipinski definition) is 4. The Morgan fingerprint density at radius 3 is 2.62 bits per heavy atom. The van der Waals surface area contributed by atoms with Crippen molar-refractivity contribution in [2.24, 2.45) is 0 Å². The average molecular weight is 310 g/mol. The molecule has 0 aromatic heterocycles. The van der Waals surface area contributed by atoms with E-state index in [9.17, 15) is 8.60 Å². The van der Waals surface area contributed by atoms with Gasteiger partial charge in [-0.1, -0.05) is 0 Å². The van der Waals surface area contributed by atoms with Gasteiger partial charge in [0.2, 0.25) is 0 Å². The normalized spacial score (nSPS) is 22.5. The molecule has 7 heteroatoms. The summed E-state index contributed by atoms with van der Waals surface area (Å²) in [6.07, 6.45) is 0. The molecular formula is C14H15FN2O3S. The number of fused-ring (bicyclic) bond motifs is 1. The Labute approximate surface area is 124 Å². The van der Waals surface area contributed by atoms with Crippen molar-refractivity contribution in [2.75, 3.05) is 39.4 Å². The van der Waals surface area contributed by atoms with E-state index in [2.05, 4.69) is 5.32 Å². The summed E-state index contributed by atoms with van der Waals surface area (Å²) in [5.74, 6) is -0.116. The number of ether oxygens (including phenoxy) is 2. The lowest BCUT2D eigenvalue weighted by molar-refractivity contribution is 0.163. The van der Waals surface area contributed by atoms with Crippen LogP contribution in [0.15, 0.2) is 28.2 Å². The Morgan fingerprint density at radius 1 is 1.14 bits per heavy atom. The Balaban J connectivity index is 1.61. The second kappa shape index (κ2) is 5.08. The minimum Gasteiger partial charge on any atom is -0.486 e. The lowest BCUT2D eigenvalue weighted by atomic mass is 10.2. The summed E-state index contributed by atoms with van der Waals surface area (Å²) in [5.41, 5.74) is 2.56. The highest BCUT2D eigenvalue weighted by Crippen LogP contribution is 2.37. The fourth-order valence-electron chi connectivity index (χ4n) is 2.89. The highest BCUT2D eigenvalue weighted by atomic mass is 32.2. The number of nitrogens with one attached hydrogen (secondary N) is 1. The topological polar surface area (TPSA) is 50.8 Å². The van der Waals surface area contributed by atoms with Crippen LogP contribution in [0, 0.1) is 5.82 Å². The number of benzene rings is 1. The minimum absolute atomic E-state index is 0.0773. The Kier molecular flexibility index (Phi) is 3.20. The van der Waals surface area contributed by atoms with E-state index in [1.54, 1.807) is 10.4 Å². The van der Waals surface area contributed by atoms with Crippen molar-refractivity contribution >= 4 is 11.0 Å². The van der Waals surface area contributed by atoms with Gasteiger partial charge in [-0.25, -0.2) is 12.9 Å². The quantitative estimate of drug-likeness (QED) is 0.822. The van der Waals surface area contributed by atoms with E-state index in [4.69, 9.17) is 9.47 Å². The molecule has 0 saturated heterocycles. The first kappa shape index (κ1) is 13.2. The van der Waals surface area contributed by atoms with Gasteiger partial charge in [0.1, 0.15) is 24.2 Å². The maximum absolute atomic E-state index is 14.5. The van der Waals surface area contributed by atoms with Crippen LogP contribution in [0.2, 0.25) is 0 Å². The molecule has 112 valence electrons. The highest BCUT2D eigenvalue weighted by molar-refractivity contribution is 7.82. The number of nitrogens with zero attached hydrogens (tertiary/aromatic N) is 1. The van der Waals surface area contributed by atoms with E-state index in [0.717, 1.165) is 13.1 Å². The molecule has 5 nitrogen and oxygen atoms in total. The van der Waals surface area contributed by atoms with Crippen LogP contribution in [0.5, 0.6) is 11.5 Å². The zero-order valence-corrected chi connectivity index (χ0v) is 12.2. The zero-order valence-electron chi connectivity index (χ0n) is 11.4. The molecule has 1 aromatic rings. The van der Waals surface area contributed by atoms with Crippen LogP contribution < -0.4 is 14.8 Å². The zero-order chi connectivity index (χ0) is 14.4. The first-order chi connectivity index (χ1) is 10.2. The van der Waals surface area contributed by atoms with E-state index >= 15 is 0 Å². The summed E-state index contributed by atoms with van der Waals surface area (Å²) in [6, 6.07) is 3.16. The van der Waals surface area contributed by atoms with Gasteiger partial charge in [0.05, 0.1) is 4.90 Å². The van der Waals surface area contributed by atoms with Gasteiger partial charge in [0, 0.05) is 26.2 Å². The molecule has 1 N–H and O–H groups in total. The van der Waals surface area contributed by atoms with Crippen molar-refractivity contribution < 1.29 is 18.1 Å². The molecule has 3 heterocycles. The van der Waals surface area contributed by atoms with Gasteiger partial charge in [-0.3, -0.25) is 0 Å². The lowest BCUT2D eigenvalue weighted by Crippen LogP contribution is -2.29. The molecule has 1 aromatic carbocycles. The summed E-state index contributed by atoms with van der Waals surface area (Å²) < 4.78 is 39.6. The van der Waals surface area contributed by atoms with Gasteiger partial charge >= 0.3 is 0 Å². The van der Waals surface area contributed by atoms with Gasteiger partial charge in [-0.05, 0) is 23.3 Å². The van der Waals surface area contributed by atoms with E-state index in [1.807, 2.05) is 0 Å². The second-order valence-electron chi connectivity index (χ2n) is 5.26. The van der Waals surface area contributed by atoms with Crippen molar-refractivity contribution in [3.63, 3.8) is 0 Å². The van der Waals surface area contributed by atoms with Crippen LogP contribution in [0.3, 0.4) is 0 Å². The predicted octanol–water partition coefficient (Wildman–Crippen LogP) is 0.835. The van der Waals surface area contributed by atoms with Crippen LogP contribution in [0.25, 0.3) is 0 Å². The van der Waals surface area contributed by atoms with Crippen molar-refractivity contribution in [2.45, 2.75) is 4.90 Å². The van der Waals surface area contributed by atoms with Gasteiger partial charge < -0.3 is 14.8 Å². The summed E-state index contributed by atoms with van der Waals surface area (Å²) in [7, 11) is -1.52. The third kappa shape index (κ3) is 2.16. The van der Waals surface area contributed by atoms with E-state index in [-0.39, 0.29) is 10.6 Å². The molecule has 0 bridgehead atoms. The van der Waals surface area contributed by atoms with Gasteiger partial charge in [0.15, 0.2) is 17.3 Å². The van der Waals surface area contributed by atoms with E-state index in [1.165, 1.54) is 17.2 Å². The molecule has 0 radical (unpaired) electrons. The van der Waals surface area contributed by atoms with E-state index < -0.39 is 16.8 Å². The monoisotopic (exact) mass is 310 g/mol. The summed E-state index contributed by atoms with van der Waals surface area (Å²) in [4.78, 5) is 0.161. The molecule has 21 heavy (non-hydrogen) atoms. The first-order valence-corrected chi connectivity index (χ1v) is 8.00. The third-order valence-corrected chi connectivity index (χ3v) is 5.37. The summed E-state index contributed by atoms with van der Waals surface area (Å²) >= 11 is 0. The molecule has 3 aliphatic heterocycles. The lowest BCUT2D eigenvalue weighted by Gasteiger charge is -2.22. The molecular weight excluding hydrogens is 295 g/mol. The molecule has 0 saturated carbocycles. The van der Waals surface area contributed by atoms with Gasteiger partial charge in [-0.15, -0.1) is 0 Å². The molecule has 0 aliphatic carbocycles. The average Bonchev–Trinajstić information content (AvgIpc) is 3.08. The molecule has 0 amide bonds. The smallest absolute Gasteiger partial charge is 0.198 e. The molecule has 1 atom stereocenters. The van der Waals surface area contributed by atoms with Gasteiger partial charge in [-0.2, -0.15) is 0 Å². The van der Waals surface area contributed by atoms with Crippen LogP contribution in [0.4, 0.5) is 4.39 Å². The van der Waals surface area contributed by atoms with Crippen LogP contribution in [0.1, 0.15) is 0 Å². The Hall–Kier alpha value is -1.44. The SMILES string of the molecule is O=S(c1ccc2c(c1F)OCCO2)N1CC2=C(CNC2)C1. The number of rotatable bonds is 2. The van der Waals surface area contributed by atoms with Crippen LogP contribution >= 0.6 is 0 Å². The summed E-state index contributed by atoms with van der Waals surface area (Å²) in [6.45, 7) is 3.65. The fourth-order valence-corrected chi connectivity index (χ4v) is 4.14. The largest absolute Gasteiger partial charge is 0.486 e. The predicted molar refractivity (Wildman–Crippen MR) is 75.3 cm³/mol. The van der Waals surface area contributed by atoms with Crippen molar-refractivity contribution in [3.05, 3.63) is 29.1 Å². The first-order valence-electron chi connectivity index (χ1n) is 6.89. The van der Waals surface area contributed by atoms with Crippen LogP contribution in [-0.4, -0.2) is 47.9 Å². The van der Waals surface area contributed by atoms with Crippen molar-refractivity contribution in [1.29, 1.82) is 0 Å². The standard InChI is InChI=1S/C14H15FN2O3S/c15-13-12(2-1-11-14(13)20-4-3-19-11)21(18)17-7-9-5-16-6-10(9)8-17/h1-2,16H,3-8H2. The molecule has 1 unspecified atom stereocenters. The maximum atomic E-state index is 14.5. The third-order valence-electron chi connectivity index (χ3n) is 3.95. The van der Waals surface area contributed by atoms with Gasteiger partial charge in [0.25, 0.3) is 0 Å². The second-order valence-corrected chi connectivity index (χ2v) is 6.71.